The van der Waals surface area contributed by atoms with E-state index >= 15 is 0 Å². The Hall–Kier alpha value is -2.02. The lowest BCUT2D eigenvalue weighted by Crippen LogP contribution is -2.76. The average molecular weight is 685 g/mol. The molecule has 3 saturated heterocycles. The van der Waals surface area contributed by atoms with Crippen molar-refractivity contribution in [2.45, 2.75) is 68.3 Å². The van der Waals surface area contributed by atoms with Crippen molar-refractivity contribution in [1.29, 1.82) is 0 Å². The molecule has 0 radical (unpaired) electrons. The second-order valence-corrected chi connectivity index (χ2v) is 14.0. The molecule has 0 saturated carbocycles. The van der Waals surface area contributed by atoms with E-state index < -0.39 is 35.3 Å². The Morgan fingerprint density at radius 1 is 1.12 bits per heavy atom. The third-order valence-electron chi connectivity index (χ3n) is 7.79. The van der Waals surface area contributed by atoms with Gasteiger partial charge in [0, 0.05) is 28.5 Å². The van der Waals surface area contributed by atoms with Crippen LogP contribution in [-0.4, -0.2) is 86.0 Å². The van der Waals surface area contributed by atoms with Gasteiger partial charge in [-0.25, -0.2) is 4.21 Å². The minimum atomic E-state index is -1.83. The van der Waals surface area contributed by atoms with Crippen LogP contribution in [0.2, 0.25) is 10.0 Å². The number of carbonyl (C=O) groups excluding carboxylic acids is 3. The first-order valence-corrected chi connectivity index (χ1v) is 16.2. The lowest BCUT2D eigenvalue weighted by molar-refractivity contribution is -0.169. The largest absolute Gasteiger partial charge is 0.342 e. The quantitative estimate of drug-likeness (QED) is 0.466. The monoisotopic (exact) mass is 683 g/mol. The number of halogens is 3. The molecule has 2 aromatic rings. The van der Waals surface area contributed by atoms with Gasteiger partial charge in [0.1, 0.15) is 29.2 Å². The number of piperazine rings is 1. The first-order chi connectivity index (χ1) is 19.5. The van der Waals surface area contributed by atoms with E-state index in [-0.39, 0.29) is 48.3 Å². The van der Waals surface area contributed by atoms with Crippen LogP contribution in [0.3, 0.4) is 0 Å². The van der Waals surface area contributed by atoms with Crippen molar-refractivity contribution in [2.24, 2.45) is 0 Å². The highest BCUT2D eigenvalue weighted by molar-refractivity contribution is 9.10. The summed E-state index contributed by atoms with van der Waals surface area (Å²) in [6.07, 6.45) is 1.10. The highest BCUT2D eigenvalue weighted by Crippen LogP contribution is 2.33. The zero-order chi connectivity index (χ0) is 29.4. The Labute approximate surface area is 260 Å². The topological polar surface area (TPSA) is 102 Å². The van der Waals surface area contributed by atoms with E-state index in [1.165, 1.54) is 11.0 Å². The van der Waals surface area contributed by atoms with Gasteiger partial charge in [-0.3, -0.25) is 14.4 Å². The zero-order valence-corrected chi connectivity index (χ0v) is 26.6. The van der Waals surface area contributed by atoms with Crippen LogP contribution in [0.1, 0.15) is 32.3 Å². The summed E-state index contributed by atoms with van der Waals surface area (Å²) in [7, 11) is -1.83. The summed E-state index contributed by atoms with van der Waals surface area (Å²) in [5.74, 6) is -0.839. The number of amides is 3. The molecule has 0 spiro atoms. The molecule has 13 heteroatoms. The molecular formula is C28H32BrCl2N5O4S. The summed E-state index contributed by atoms with van der Waals surface area (Å²) in [5, 5.41) is 6.68. The lowest BCUT2D eigenvalue weighted by atomic mass is 9.96. The molecule has 5 atom stereocenters. The summed E-state index contributed by atoms with van der Waals surface area (Å²) >= 11 is 16.0. The minimum absolute atomic E-state index is 0.00481. The van der Waals surface area contributed by atoms with E-state index in [9.17, 15) is 18.6 Å². The van der Waals surface area contributed by atoms with Crippen molar-refractivity contribution in [3.63, 3.8) is 0 Å². The number of fused-ring (bicyclic) bond motifs is 1. The second-order valence-electron chi connectivity index (χ2n) is 10.8. The zero-order valence-electron chi connectivity index (χ0n) is 22.7. The Morgan fingerprint density at radius 2 is 1.85 bits per heavy atom. The molecule has 5 unspecified atom stereocenters. The molecule has 2 N–H and O–H groups in total. The molecule has 3 aliphatic heterocycles. The van der Waals surface area contributed by atoms with Crippen LogP contribution < -0.4 is 10.6 Å². The smallest absolute Gasteiger partial charge is 0.248 e. The van der Waals surface area contributed by atoms with E-state index in [1.807, 2.05) is 38.1 Å². The van der Waals surface area contributed by atoms with E-state index in [0.29, 0.717) is 16.3 Å². The molecule has 3 fully saturated rings. The van der Waals surface area contributed by atoms with Crippen molar-refractivity contribution >= 4 is 67.8 Å². The number of hydrogen-bond acceptors (Lipinski definition) is 5. The van der Waals surface area contributed by atoms with Gasteiger partial charge in [-0.15, -0.1) is 0 Å². The SMILES string of the molecule is CC(C)N1CC2N(C(=O)C(NC(=O)C3CCCN3)CN2S(=O)c2ccc(Cl)cc2Cl)C(Cc2ccc(Br)cc2)C1=O. The predicted molar refractivity (Wildman–Crippen MR) is 162 cm³/mol. The van der Waals surface area contributed by atoms with Gasteiger partial charge >= 0.3 is 0 Å². The Bertz CT molecular complexity index is 1360. The van der Waals surface area contributed by atoms with Gasteiger partial charge < -0.3 is 20.4 Å². The van der Waals surface area contributed by atoms with Gasteiger partial charge in [0.15, 0.2) is 0 Å². The van der Waals surface area contributed by atoms with Crippen LogP contribution in [0.5, 0.6) is 0 Å². The first kappa shape index (κ1) is 30.4. The molecular weight excluding hydrogens is 653 g/mol. The number of rotatable bonds is 7. The summed E-state index contributed by atoms with van der Waals surface area (Å²) in [4.78, 5) is 44.8. The molecule has 5 rings (SSSR count). The van der Waals surface area contributed by atoms with Crippen molar-refractivity contribution < 1.29 is 18.6 Å². The predicted octanol–water partition coefficient (Wildman–Crippen LogP) is 3.35. The summed E-state index contributed by atoms with van der Waals surface area (Å²) in [6.45, 7) is 4.73. The standard InChI is InChI=1S/C28H32BrCl2N5O4S/c1-16(2)34-15-25-35(41(40)24-10-9-19(30)13-20(24)31)14-22(33-26(37)21-4-3-11-32-21)27(38)36(25)23(28(34)39)12-17-5-7-18(29)8-6-17/h5-10,13,16,21-23,25,32H,3-4,11-12,14-15H2,1-2H3,(H,33,37). The van der Waals surface area contributed by atoms with Crippen LogP contribution in [0.4, 0.5) is 0 Å². The maximum atomic E-state index is 14.2. The maximum Gasteiger partial charge on any atom is 0.248 e. The van der Waals surface area contributed by atoms with Crippen molar-refractivity contribution in [3.05, 3.63) is 62.5 Å². The molecule has 9 nitrogen and oxygen atoms in total. The van der Waals surface area contributed by atoms with Crippen molar-refractivity contribution in [2.75, 3.05) is 19.6 Å². The van der Waals surface area contributed by atoms with Gasteiger partial charge in [0.05, 0.1) is 22.5 Å². The van der Waals surface area contributed by atoms with Crippen molar-refractivity contribution in [1.82, 2.24) is 24.7 Å². The van der Waals surface area contributed by atoms with E-state index in [1.54, 1.807) is 21.3 Å². The van der Waals surface area contributed by atoms with Gasteiger partial charge in [-0.1, -0.05) is 51.3 Å². The normalized spacial score (nSPS) is 25.9. The molecule has 0 aliphatic carbocycles. The fourth-order valence-electron chi connectivity index (χ4n) is 5.67. The third kappa shape index (κ3) is 6.35. The Balaban J connectivity index is 1.55. The van der Waals surface area contributed by atoms with Crippen LogP contribution in [0.25, 0.3) is 0 Å². The fourth-order valence-corrected chi connectivity index (χ4v) is 7.87. The summed E-state index contributed by atoms with van der Waals surface area (Å²) in [6, 6.07) is 9.93. The van der Waals surface area contributed by atoms with E-state index in [0.717, 1.165) is 23.0 Å². The number of nitrogens with zero attached hydrogens (tertiary/aromatic N) is 3. The highest BCUT2D eigenvalue weighted by atomic mass is 79.9. The van der Waals surface area contributed by atoms with Crippen LogP contribution >= 0.6 is 39.1 Å². The second kappa shape index (κ2) is 12.7. The van der Waals surface area contributed by atoms with Gasteiger partial charge in [0.2, 0.25) is 17.7 Å². The van der Waals surface area contributed by atoms with Crippen LogP contribution in [0.15, 0.2) is 51.8 Å². The molecule has 41 heavy (non-hydrogen) atoms. The average Bonchev–Trinajstić information content (AvgIpc) is 3.47. The molecule has 2 aromatic carbocycles. The minimum Gasteiger partial charge on any atom is -0.342 e. The molecule has 3 aliphatic rings. The molecule has 220 valence electrons. The van der Waals surface area contributed by atoms with Gasteiger partial charge in [-0.2, -0.15) is 4.31 Å². The molecule has 3 amide bonds. The van der Waals surface area contributed by atoms with Crippen LogP contribution in [-0.2, 0) is 31.8 Å². The Kier molecular flexibility index (Phi) is 9.42. The number of hydrogen-bond donors (Lipinski definition) is 2. The van der Waals surface area contributed by atoms with Crippen molar-refractivity contribution in [3.8, 4) is 0 Å². The number of carbonyl (C=O) groups is 3. The number of nitrogens with one attached hydrogen (secondary N) is 2. The maximum absolute atomic E-state index is 14.2. The number of benzene rings is 2. The van der Waals surface area contributed by atoms with Crippen LogP contribution in [0, 0.1) is 0 Å². The molecule has 0 aromatic heterocycles. The van der Waals surface area contributed by atoms with Gasteiger partial charge in [0.25, 0.3) is 0 Å². The Morgan fingerprint density at radius 3 is 2.49 bits per heavy atom. The highest BCUT2D eigenvalue weighted by Gasteiger charge is 2.53. The lowest BCUT2D eigenvalue weighted by Gasteiger charge is -2.54. The van der Waals surface area contributed by atoms with Gasteiger partial charge in [-0.05, 0) is 69.1 Å². The molecule has 3 heterocycles. The fraction of sp³-hybridized carbons (Fsp3) is 0.464. The third-order valence-corrected chi connectivity index (χ3v) is 10.5. The molecule has 0 bridgehead atoms. The van der Waals surface area contributed by atoms with E-state index in [2.05, 4.69) is 26.6 Å². The first-order valence-electron chi connectivity index (χ1n) is 13.6. The summed E-state index contributed by atoms with van der Waals surface area (Å²) in [5.41, 5.74) is 0.874. The van der Waals surface area contributed by atoms with E-state index in [4.69, 9.17) is 23.2 Å². The summed E-state index contributed by atoms with van der Waals surface area (Å²) < 4.78 is 16.7.